The van der Waals surface area contributed by atoms with Crippen molar-refractivity contribution in [1.82, 2.24) is 15.3 Å². The van der Waals surface area contributed by atoms with Gasteiger partial charge in [-0.25, -0.2) is 4.79 Å². The molecule has 4 N–H and O–H groups in total. The summed E-state index contributed by atoms with van der Waals surface area (Å²) in [7, 11) is 0. The highest BCUT2D eigenvalue weighted by Crippen LogP contribution is 2.29. The lowest BCUT2D eigenvalue weighted by Crippen LogP contribution is -2.32. The topological polar surface area (TPSA) is 107 Å². The molecule has 3 aromatic rings. The number of carbonyl (C=O) groups is 1. The third-order valence-corrected chi connectivity index (χ3v) is 5.12. The minimum Gasteiger partial charge on any atom is -0.478 e. The minimum absolute atomic E-state index is 0.127. The number of benzene rings is 1. The van der Waals surface area contributed by atoms with Gasteiger partial charge in [-0.05, 0) is 31.0 Å². The summed E-state index contributed by atoms with van der Waals surface area (Å²) in [6.45, 7) is 6.14. The van der Waals surface area contributed by atoms with Gasteiger partial charge < -0.3 is 25.3 Å². The third kappa shape index (κ3) is 5.17. The van der Waals surface area contributed by atoms with Gasteiger partial charge in [-0.1, -0.05) is 32.0 Å². The highest BCUT2D eigenvalue weighted by atomic mass is 16.5. The fourth-order valence-electron chi connectivity index (χ4n) is 3.47. The molecule has 0 saturated carbocycles. The number of carboxylic acids is 1. The number of hydrogen-bond acceptors (Lipinski definition) is 5. The van der Waals surface area contributed by atoms with E-state index in [0.29, 0.717) is 12.3 Å². The van der Waals surface area contributed by atoms with Crippen LogP contribution in [0, 0.1) is 5.92 Å². The summed E-state index contributed by atoms with van der Waals surface area (Å²) in [6, 6.07) is 9.44. The first kappa shape index (κ1) is 21.8. The molecule has 0 saturated heterocycles. The molecule has 7 nitrogen and oxygen atoms in total. The number of rotatable bonds is 10. The summed E-state index contributed by atoms with van der Waals surface area (Å²) in [5.41, 5.74) is 2.67. The van der Waals surface area contributed by atoms with Crippen molar-refractivity contribution >= 4 is 16.9 Å². The maximum Gasteiger partial charge on any atom is 0.345 e. The Bertz CT molecular complexity index is 971. The van der Waals surface area contributed by atoms with Crippen LogP contribution in [0.5, 0.6) is 5.75 Å². The van der Waals surface area contributed by atoms with Gasteiger partial charge in [0.2, 0.25) is 0 Å². The van der Waals surface area contributed by atoms with Crippen LogP contribution in [0.4, 0.5) is 0 Å². The highest BCUT2D eigenvalue weighted by molar-refractivity contribution is 5.88. The largest absolute Gasteiger partial charge is 0.478 e. The zero-order valence-corrected chi connectivity index (χ0v) is 17.5. The van der Waals surface area contributed by atoms with Crippen molar-refractivity contribution in [3.05, 3.63) is 60.0 Å². The Morgan fingerprint density at radius 3 is 2.70 bits per heavy atom. The van der Waals surface area contributed by atoms with Crippen molar-refractivity contribution in [1.29, 1.82) is 0 Å². The highest BCUT2D eigenvalue weighted by Gasteiger charge is 2.24. The number of ether oxygens (including phenoxy) is 1. The average molecular weight is 412 g/mol. The number of hydrogen-bond donors (Lipinski definition) is 4. The second kappa shape index (κ2) is 9.73. The fourth-order valence-corrected chi connectivity index (χ4v) is 3.47. The van der Waals surface area contributed by atoms with E-state index in [4.69, 9.17) is 4.74 Å². The molecule has 0 fully saturated rings. The molecule has 1 aromatic carbocycles. The van der Waals surface area contributed by atoms with Crippen molar-refractivity contribution in [2.75, 3.05) is 6.54 Å². The van der Waals surface area contributed by atoms with E-state index in [1.807, 2.05) is 44.3 Å². The number of H-pyrrole nitrogens is 1. The summed E-state index contributed by atoms with van der Waals surface area (Å²) in [5, 5.41) is 24.1. The lowest BCUT2D eigenvalue weighted by atomic mass is 10.0. The molecule has 7 heteroatoms. The lowest BCUT2D eigenvalue weighted by molar-refractivity contribution is -0.147. The first-order chi connectivity index (χ1) is 14.4. The molecule has 2 aromatic heterocycles. The van der Waals surface area contributed by atoms with Crippen LogP contribution in [0.3, 0.4) is 0 Å². The smallest absolute Gasteiger partial charge is 0.345 e. The first-order valence-electron chi connectivity index (χ1n) is 10.2. The summed E-state index contributed by atoms with van der Waals surface area (Å²) < 4.78 is 5.81. The summed E-state index contributed by atoms with van der Waals surface area (Å²) in [5.74, 6) is -0.589. The van der Waals surface area contributed by atoms with E-state index in [0.717, 1.165) is 28.5 Å². The average Bonchev–Trinajstić information content (AvgIpc) is 3.13. The second-order valence-electron chi connectivity index (χ2n) is 7.93. The van der Waals surface area contributed by atoms with E-state index < -0.39 is 18.2 Å². The summed E-state index contributed by atoms with van der Waals surface area (Å²) in [4.78, 5) is 18.8. The van der Waals surface area contributed by atoms with Crippen LogP contribution < -0.4 is 10.1 Å². The number of carboxylic acid groups (broad SMARTS) is 1. The van der Waals surface area contributed by atoms with Crippen LogP contribution in [0.2, 0.25) is 0 Å². The molecular formula is C23H29N3O4. The number of aliphatic hydroxyl groups is 1. The first-order valence-corrected chi connectivity index (χ1v) is 10.2. The lowest BCUT2D eigenvalue weighted by Gasteiger charge is -2.19. The molecule has 30 heavy (non-hydrogen) atoms. The number of aromatic nitrogens is 2. The van der Waals surface area contributed by atoms with Gasteiger partial charge in [0.25, 0.3) is 0 Å². The summed E-state index contributed by atoms with van der Waals surface area (Å²) >= 11 is 0. The Hall–Kier alpha value is -2.90. The van der Waals surface area contributed by atoms with Crippen LogP contribution in [0.25, 0.3) is 10.9 Å². The van der Waals surface area contributed by atoms with Gasteiger partial charge in [-0.15, -0.1) is 0 Å². The maximum absolute atomic E-state index is 11.5. The molecule has 3 rings (SSSR count). The van der Waals surface area contributed by atoms with Crippen molar-refractivity contribution in [3.63, 3.8) is 0 Å². The van der Waals surface area contributed by atoms with Crippen LogP contribution in [0.15, 0.2) is 48.9 Å². The van der Waals surface area contributed by atoms with Gasteiger partial charge in [0, 0.05) is 48.0 Å². The normalized spacial score (nSPS) is 14.6. The predicted octanol–water partition coefficient (Wildman–Crippen LogP) is 3.31. The Balaban J connectivity index is 1.67. The number of pyridine rings is 1. The minimum atomic E-state index is -0.973. The molecule has 0 unspecified atom stereocenters. The third-order valence-electron chi connectivity index (χ3n) is 5.12. The molecule has 2 heterocycles. The molecule has 0 aliphatic heterocycles. The van der Waals surface area contributed by atoms with Gasteiger partial charge in [-0.3, -0.25) is 4.98 Å². The molecule has 0 bridgehead atoms. The monoisotopic (exact) mass is 411 g/mol. The number of fused-ring (bicyclic) bond motifs is 1. The van der Waals surface area contributed by atoms with Crippen molar-refractivity contribution < 1.29 is 19.7 Å². The van der Waals surface area contributed by atoms with E-state index in [1.165, 1.54) is 0 Å². The number of para-hydroxylation sites is 1. The van der Waals surface area contributed by atoms with Crippen molar-refractivity contribution in [2.45, 2.75) is 45.4 Å². The molecule has 160 valence electrons. The standard InChI is InChI=1S/C23H29N3O4/c1-14(2)22(23(28)29)30-20-8-4-7-18-17(12-26-21(18)20)10-15(3)25-13-19(27)16-6-5-9-24-11-16/h4-9,11-12,14-15,19,22,25-27H,10,13H2,1-3H3,(H,28,29)/t15-,19-,22+/m1/s1. The SMILES string of the molecule is CC(C)[C@H](Oc1cccc2c(C[C@@H](C)NC[C@@H](O)c3cccnc3)c[nH]c12)C(=O)O. The zero-order chi connectivity index (χ0) is 21.7. The summed E-state index contributed by atoms with van der Waals surface area (Å²) in [6.07, 6.45) is 4.50. The van der Waals surface area contributed by atoms with Gasteiger partial charge in [0.05, 0.1) is 11.6 Å². The molecule has 0 radical (unpaired) electrons. The van der Waals surface area contributed by atoms with Crippen LogP contribution in [-0.2, 0) is 11.2 Å². The van der Waals surface area contributed by atoms with E-state index in [1.54, 1.807) is 18.5 Å². The van der Waals surface area contributed by atoms with E-state index in [-0.39, 0.29) is 12.0 Å². The van der Waals surface area contributed by atoms with Gasteiger partial charge in [0.1, 0.15) is 5.75 Å². The Morgan fingerprint density at radius 1 is 1.23 bits per heavy atom. The quantitative estimate of drug-likeness (QED) is 0.408. The Kier molecular flexibility index (Phi) is 7.07. The maximum atomic E-state index is 11.5. The van der Waals surface area contributed by atoms with E-state index in [9.17, 15) is 15.0 Å². The molecular weight excluding hydrogens is 382 g/mol. The Morgan fingerprint density at radius 2 is 2.03 bits per heavy atom. The fraction of sp³-hybridized carbons (Fsp3) is 0.391. The van der Waals surface area contributed by atoms with Crippen LogP contribution >= 0.6 is 0 Å². The van der Waals surface area contributed by atoms with Crippen LogP contribution in [0.1, 0.15) is 38.0 Å². The molecule has 0 aliphatic rings. The van der Waals surface area contributed by atoms with Crippen molar-refractivity contribution in [3.8, 4) is 5.75 Å². The molecule has 3 atom stereocenters. The van der Waals surface area contributed by atoms with E-state index in [2.05, 4.69) is 22.2 Å². The van der Waals surface area contributed by atoms with Gasteiger partial charge >= 0.3 is 5.97 Å². The molecule has 0 amide bonds. The number of nitrogens with one attached hydrogen (secondary N) is 2. The Labute approximate surface area is 176 Å². The second-order valence-corrected chi connectivity index (χ2v) is 7.93. The van der Waals surface area contributed by atoms with Crippen molar-refractivity contribution in [2.24, 2.45) is 5.92 Å². The van der Waals surface area contributed by atoms with Gasteiger partial charge in [0.15, 0.2) is 6.10 Å². The zero-order valence-electron chi connectivity index (χ0n) is 17.5. The van der Waals surface area contributed by atoms with E-state index >= 15 is 0 Å². The molecule has 0 aliphatic carbocycles. The van der Waals surface area contributed by atoms with Crippen LogP contribution in [-0.4, -0.2) is 44.8 Å². The molecule has 0 spiro atoms. The number of aliphatic hydroxyl groups excluding tert-OH is 1. The van der Waals surface area contributed by atoms with Gasteiger partial charge in [-0.2, -0.15) is 0 Å². The number of nitrogens with zero attached hydrogens (tertiary/aromatic N) is 1. The number of aliphatic carboxylic acids is 1. The predicted molar refractivity (Wildman–Crippen MR) is 116 cm³/mol. The number of aromatic amines is 1.